The van der Waals surface area contributed by atoms with Gasteiger partial charge in [-0.25, -0.2) is 9.37 Å². The molecule has 156 valence electrons. The summed E-state index contributed by atoms with van der Waals surface area (Å²) in [6, 6.07) is 4.41. The number of likely N-dealkylation sites (tertiary alicyclic amines) is 2. The normalized spacial score (nSPS) is 18.1. The first-order valence-corrected chi connectivity index (χ1v) is 11.9. The van der Waals surface area contributed by atoms with Crippen molar-refractivity contribution in [3.8, 4) is 0 Å². The van der Waals surface area contributed by atoms with E-state index in [1.54, 1.807) is 12.3 Å². The molecule has 0 spiro atoms. The quantitative estimate of drug-likeness (QED) is 0.562. The van der Waals surface area contributed by atoms with Gasteiger partial charge in [-0.05, 0) is 42.9 Å². The first kappa shape index (κ1) is 19.9. The van der Waals surface area contributed by atoms with Crippen LogP contribution in [0.25, 0.3) is 10.1 Å². The fourth-order valence-electron chi connectivity index (χ4n) is 4.34. The minimum Gasteiger partial charge on any atom is -0.337 e. The van der Waals surface area contributed by atoms with E-state index in [2.05, 4.69) is 4.98 Å². The van der Waals surface area contributed by atoms with E-state index in [1.165, 1.54) is 34.8 Å². The van der Waals surface area contributed by atoms with Gasteiger partial charge in [0.15, 0.2) is 5.01 Å². The zero-order chi connectivity index (χ0) is 20.8. The Kier molecular flexibility index (Phi) is 5.24. The Morgan fingerprint density at radius 1 is 1.10 bits per heavy atom. The Labute approximate surface area is 186 Å². The lowest BCUT2D eigenvalue weighted by Gasteiger charge is -2.45. The SMILES string of the molecule is O=C(c1nccs1)N1CCC(C2CN(C(=O)c3sc4cc(F)ccc4c3Cl)C2)CC1. The van der Waals surface area contributed by atoms with Crippen molar-refractivity contribution in [2.75, 3.05) is 26.2 Å². The van der Waals surface area contributed by atoms with Gasteiger partial charge in [-0.15, -0.1) is 22.7 Å². The first-order valence-electron chi connectivity index (χ1n) is 9.87. The molecular formula is C21H19ClFN3O2S2. The molecule has 0 unspecified atom stereocenters. The number of amides is 2. The third kappa shape index (κ3) is 3.50. The van der Waals surface area contributed by atoms with Crippen molar-refractivity contribution in [1.82, 2.24) is 14.8 Å². The molecule has 2 saturated heterocycles. The summed E-state index contributed by atoms with van der Waals surface area (Å²) in [6.45, 7) is 2.90. The maximum Gasteiger partial charge on any atom is 0.282 e. The molecule has 2 amide bonds. The fourth-order valence-corrected chi connectivity index (χ4v) is 6.44. The van der Waals surface area contributed by atoms with Crippen LogP contribution in [0.15, 0.2) is 29.8 Å². The Morgan fingerprint density at radius 2 is 1.87 bits per heavy atom. The molecule has 2 aromatic heterocycles. The van der Waals surface area contributed by atoms with Gasteiger partial charge in [0, 0.05) is 47.8 Å². The minimum atomic E-state index is -0.330. The van der Waals surface area contributed by atoms with Crippen molar-refractivity contribution in [1.29, 1.82) is 0 Å². The lowest BCUT2D eigenvalue weighted by atomic mass is 9.79. The minimum absolute atomic E-state index is 0.0182. The van der Waals surface area contributed by atoms with Gasteiger partial charge >= 0.3 is 0 Å². The van der Waals surface area contributed by atoms with Crippen molar-refractivity contribution < 1.29 is 14.0 Å². The van der Waals surface area contributed by atoms with E-state index in [4.69, 9.17) is 11.6 Å². The van der Waals surface area contributed by atoms with Crippen molar-refractivity contribution in [2.45, 2.75) is 12.8 Å². The summed E-state index contributed by atoms with van der Waals surface area (Å²) < 4.78 is 14.2. The molecule has 9 heteroatoms. The standard InChI is InChI=1S/C21H19ClFN3O2S2/c22-17-15-2-1-14(23)9-16(15)30-18(17)20(27)26-10-13(11-26)12-3-6-25(7-4-12)21(28)19-24-5-8-29-19/h1-2,5,8-9,12-13H,3-4,6-7,10-11H2. The van der Waals surface area contributed by atoms with Gasteiger partial charge in [0.1, 0.15) is 10.7 Å². The largest absolute Gasteiger partial charge is 0.337 e. The summed E-state index contributed by atoms with van der Waals surface area (Å²) in [5, 5.41) is 3.51. The van der Waals surface area contributed by atoms with E-state index in [0.29, 0.717) is 44.5 Å². The summed E-state index contributed by atoms with van der Waals surface area (Å²) in [5.74, 6) is 0.583. The van der Waals surface area contributed by atoms with Crippen LogP contribution in [0.2, 0.25) is 5.02 Å². The lowest BCUT2D eigenvalue weighted by molar-refractivity contribution is 0.0232. The molecule has 0 atom stereocenters. The Morgan fingerprint density at radius 3 is 2.57 bits per heavy atom. The van der Waals surface area contributed by atoms with Gasteiger partial charge in [0.2, 0.25) is 0 Å². The highest BCUT2D eigenvalue weighted by Crippen LogP contribution is 2.39. The van der Waals surface area contributed by atoms with Gasteiger partial charge in [0.05, 0.1) is 5.02 Å². The second kappa shape index (κ2) is 7.90. The number of carbonyl (C=O) groups is 2. The van der Waals surface area contributed by atoms with Gasteiger partial charge in [-0.3, -0.25) is 9.59 Å². The number of benzene rings is 1. The topological polar surface area (TPSA) is 53.5 Å². The molecule has 30 heavy (non-hydrogen) atoms. The molecule has 0 bridgehead atoms. The predicted octanol–water partition coefficient (Wildman–Crippen LogP) is 4.77. The number of rotatable bonds is 3. The molecule has 2 fully saturated rings. The van der Waals surface area contributed by atoms with Gasteiger partial charge < -0.3 is 9.80 Å². The van der Waals surface area contributed by atoms with Crippen LogP contribution in [-0.2, 0) is 0 Å². The maximum absolute atomic E-state index is 13.5. The van der Waals surface area contributed by atoms with Crippen LogP contribution in [0.4, 0.5) is 4.39 Å². The number of nitrogens with zero attached hydrogens (tertiary/aromatic N) is 3. The molecule has 5 rings (SSSR count). The van der Waals surface area contributed by atoms with E-state index < -0.39 is 0 Å². The van der Waals surface area contributed by atoms with E-state index in [9.17, 15) is 14.0 Å². The van der Waals surface area contributed by atoms with Gasteiger partial charge in [0.25, 0.3) is 11.8 Å². The van der Waals surface area contributed by atoms with E-state index in [1.807, 2.05) is 15.2 Å². The fraction of sp³-hybridized carbons (Fsp3) is 0.381. The van der Waals surface area contributed by atoms with Crippen LogP contribution in [0, 0.1) is 17.7 Å². The predicted molar refractivity (Wildman–Crippen MR) is 117 cm³/mol. The second-order valence-corrected chi connectivity index (χ2v) is 10.1. The number of carbonyl (C=O) groups excluding carboxylic acids is 2. The monoisotopic (exact) mass is 463 g/mol. The third-order valence-corrected chi connectivity index (χ3v) is 8.50. The molecule has 2 aliphatic heterocycles. The number of aromatic nitrogens is 1. The molecule has 0 aliphatic carbocycles. The van der Waals surface area contributed by atoms with Gasteiger partial charge in [-0.2, -0.15) is 0 Å². The second-order valence-electron chi connectivity index (χ2n) is 7.82. The van der Waals surface area contributed by atoms with E-state index in [-0.39, 0.29) is 17.6 Å². The Hall–Kier alpha value is -2.03. The number of halogens is 2. The van der Waals surface area contributed by atoms with Crippen molar-refractivity contribution in [3.63, 3.8) is 0 Å². The number of hydrogen-bond acceptors (Lipinski definition) is 5. The Balaban J connectivity index is 1.18. The number of fused-ring (bicyclic) bond motifs is 1. The van der Waals surface area contributed by atoms with Crippen molar-refractivity contribution in [3.05, 3.63) is 50.5 Å². The number of thiazole rings is 1. The number of piperidine rings is 1. The molecule has 5 nitrogen and oxygen atoms in total. The van der Waals surface area contributed by atoms with E-state index >= 15 is 0 Å². The summed E-state index contributed by atoms with van der Waals surface area (Å²) in [5.41, 5.74) is 0. The number of hydrogen-bond donors (Lipinski definition) is 0. The van der Waals surface area contributed by atoms with Crippen molar-refractivity contribution in [2.24, 2.45) is 11.8 Å². The van der Waals surface area contributed by atoms with Crippen LogP contribution in [-0.4, -0.2) is 52.8 Å². The average molecular weight is 464 g/mol. The third-order valence-electron chi connectivity index (χ3n) is 6.09. The average Bonchev–Trinajstić information content (AvgIpc) is 3.35. The zero-order valence-corrected chi connectivity index (χ0v) is 18.4. The highest BCUT2D eigenvalue weighted by atomic mass is 35.5. The first-order chi connectivity index (χ1) is 14.5. The summed E-state index contributed by atoms with van der Waals surface area (Å²) in [7, 11) is 0. The Bertz CT molecular complexity index is 1100. The lowest BCUT2D eigenvalue weighted by Crippen LogP contribution is -2.54. The molecule has 4 heterocycles. The summed E-state index contributed by atoms with van der Waals surface area (Å²) >= 11 is 9.03. The summed E-state index contributed by atoms with van der Waals surface area (Å²) in [6.07, 6.45) is 3.56. The molecule has 2 aliphatic rings. The molecule has 0 N–H and O–H groups in total. The molecular weight excluding hydrogens is 445 g/mol. The van der Waals surface area contributed by atoms with E-state index in [0.717, 1.165) is 31.3 Å². The molecule has 3 aromatic rings. The smallest absolute Gasteiger partial charge is 0.282 e. The maximum atomic E-state index is 13.5. The van der Waals surface area contributed by atoms with Crippen molar-refractivity contribution >= 4 is 56.2 Å². The van der Waals surface area contributed by atoms with Crippen LogP contribution >= 0.6 is 34.3 Å². The summed E-state index contributed by atoms with van der Waals surface area (Å²) in [4.78, 5) is 33.6. The van der Waals surface area contributed by atoms with Crippen LogP contribution < -0.4 is 0 Å². The van der Waals surface area contributed by atoms with Crippen LogP contribution in [0.3, 0.4) is 0 Å². The highest BCUT2D eigenvalue weighted by molar-refractivity contribution is 7.21. The zero-order valence-electron chi connectivity index (χ0n) is 16.0. The highest BCUT2D eigenvalue weighted by Gasteiger charge is 2.39. The molecule has 0 radical (unpaired) electrons. The van der Waals surface area contributed by atoms with Crippen LogP contribution in [0.5, 0.6) is 0 Å². The van der Waals surface area contributed by atoms with Gasteiger partial charge in [-0.1, -0.05) is 11.6 Å². The molecule has 0 saturated carbocycles. The number of thiophene rings is 1. The molecule has 1 aromatic carbocycles. The van der Waals surface area contributed by atoms with Crippen LogP contribution in [0.1, 0.15) is 32.3 Å².